The summed E-state index contributed by atoms with van der Waals surface area (Å²) in [5, 5.41) is 9.74. The SMILES string of the molecule is O=C(O)COc1cccc2c1CCC[C@H]2NS(=O)(=O)c1ccc(-c2cccc(Cl)c2Cl)cc1. The molecule has 3 aromatic rings. The van der Waals surface area contributed by atoms with Crippen LogP contribution in [0.25, 0.3) is 11.1 Å². The smallest absolute Gasteiger partial charge is 0.341 e. The van der Waals surface area contributed by atoms with Gasteiger partial charge >= 0.3 is 5.97 Å². The number of halogens is 2. The lowest BCUT2D eigenvalue weighted by Crippen LogP contribution is -2.31. The average molecular weight is 506 g/mol. The lowest BCUT2D eigenvalue weighted by molar-refractivity contribution is -0.139. The van der Waals surface area contributed by atoms with E-state index in [2.05, 4.69) is 4.72 Å². The standard InChI is InChI=1S/C24H21Cl2NO5S/c25-20-7-1-4-17(24(20)26)15-10-12-16(13-11-15)33(30,31)27-21-8-2-6-19-18(21)5-3-9-22(19)32-14-23(28)29/h1,3-5,7,9-13,21,27H,2,6,8,14H2,(H,28,29)/t21-/m1/s1. The first-order valence-corrected chi connectivity index (χ1v) is 12.5. The molecule has 1 aliphatic carbocycles. The Morgan fingerprint density at radius 2 is 1.79 bits per heavy atom. The zero-order chi connectivity index (χ0) is 23.6. The molecule has 0 saturated carbocycles. The first-order valence-electron chi connectivity index (χ1n) is 10.3. The van der Waals surface area contributed by atoms with Crippen LogP contribution in [0.5, 0.6) is 5.75 Å². The number of ether oxygens (including phenoxy) is 1. The highest BCUT2D eigenvalue weighted by Crippen LogP contribution is 2.37. The molecule has 172 valence electrons. The Labute approximate surface area is 202 Å². The number of sulfonamides is 1. The van der Waals surface area contributed by atoms with Gasteiger partial charge in [-0.05, 0) is 60.2 Å². The fourth-order valence-electron chi connectivity index (χ4n) is 4.01. The van der Waals surface area contributed by atoms with Crippen molar-refractivity contribution in [2.45, 2.75) is 30.2 Å². The van der Waals surface area contributed by atoms with Gasteiger partial charge in [0.2, 0.25) is 10.0 Å². The third-order valence-corrected chi connectivity index (χ3v) is 7.85. The number of rotatable bonds is 7. The van der Waals surface area contributed by atoms with E-state index in [4.69, 9.17) is 33.0 Å². The molecule has 6 nitrogen and oxygen atoms in total. The highest BCUT2D eigenvalue weighted by atomic mass is 35.5. The Morgan fingerprint density at radius 3 is 2.52 bits per heavy atom. The van der Waals surface area contributed by atoms with E-state index in [-0.39, 0.29) is 4.90 Å². The molecule has 33 heavy (non-hydrogen) atoms. The number of carboxylic acid groups (broad SMARTS) is 1. The van der Waals surface area contributed by atoms with Crippen LogP contribution in [0.2, 0.25) is 10.0 Å². The van der Waals surface area contributed by atoms with Crippen molar-refractivity contribution in [2.24, 2.45) is 0 Å². The molecule has 0 heterocycles. The van der Waals surface area contributed by atoms with Gasteiger partial charge in [-0.1, -0.05) is 59.6 Å². The zero-order valence-electron chi connectivity index (χ0n) is 17.4. The molecule has 0 aromatic heterocycles. The van der Waals surface area contributed by atoms with Crippen LogP contribution in [0.1, 0.15) is 30.0 Å². The van der Waals surface area contributed by atoms with E-state index in [1.165, 1.54) is 12.1 Å². The number of benzene rings is 3. The van der Waals surface area contributed by atoms with Crippen LogP contribution in [-0.2, 0) is 21.2 Å². The van der Waals surface area contributed by atoms with Crippen molar-refractivity contribution >= 4 is 39.2 Å². The van der Waals surface area contributed by atoms with Crippen molar-refractivity contribution in [3.63, 3.8) is 0 Å². The quantitative estimate of drug-likeness (QED) is 0.443. The Balaban J connectivity index is 1.57. The fourth-order valence-corrected chi connectivity index (χ4v) is 5.67. The molecule has 0 spiro atoms. The second-order valence-electron chi connectivity index (χ2n) is 7.70. The number of aliphatic carboxylic acids is 1. The highest BCUT2D eigenvalue weighted by Gasteiger charge is 2.27. The summed E-state index contributed by atoms with van der Waals surface area (Å²) in [6.07, 6.45) is 2.07. The van der Waals surface area contributed by atoms with E-state index in [0.717, 1.165) is 28.7 Å². The molecule has 0 fully saturated rings. The van der Waals surface area contributed by atoms with E-state index in [9.17, 15) is 13.2 Å². The molecule has 1 atom stereocenters. The van der Waals surface area contributed by atoms with Gasteiger partial charge in [0.05, 0.1) is 14.9 Å². The minimum Gasteiger partial charge on any atom is -0.482 e. The number of hydrogen-bond acceptors (Lipinski definition) is 4. The third-order valence-electron chi connectivity index (χ3n) is 5.54. The van der Waals surface area contributed by atoms with E-state index in [1.54, 1.807) is 36.4 Å². The van der Waals surface area contributed by atoms with Crippen LogP contribution in [0.4, 0.5) is 0 Å². The summed E-state index contributed by atoms with van der Waals surface area (Å²) < 4.78 is 34.4. The Kier molecular flexibility index (Phi) is 6.95. The van der Waals surface area contributed by atoms with Gasteiger partial charge in [-0.2, -0.15) is 0 Å². The van der Waals surface area contributed by atoms with Crippen molar-refractivity contribution in [3.8, 4) is 16.9 Å². The summed E-state index contributed by atoms with van der Waals surface area (Å²) in [5.41, 5.74) is 3.11. The molecule has 0 saturated heterocycles. The van der Waals surface area contributed by atoms with Crippen LogP contribution in [0.15, 0.2) is 65.6 Å². The molecule has 4 rings (SSSR count). The molecule has 3 aromatic carbocycles. The summed E-state index contributed by atoms with van der Waals surface area (Å²) in [5.74, 6) is -0.593. The number of fused-ring (bicyclic) bond motifs is 1. The first kappa shape index (κ1) is 23.6. The van der Waals surface area contributed by atoms with Crippen molar-refractivity contribution < 1.29 is 23.1 Å². The maximum absolute atomic E-state index is 13.1. The van der Waals surface area contributed by atoms with Gasteiger partial charge in [0, 0.05) is 11.6 Å². The second-order valence-corrected chi connectivity index (χ2v) is 10.2. The van der Waals surface area contributed by atoms with Crippen molar-refractivity contribution in [1.82, 2.24) is 4.72 Å². The maximum Gasteiger partial charge on any atom is 0.341 e. The summed E-state index contributed by atoms with van der Waals surface area (Å²) in [6, 6.07) is 16.6. The summed E-state index contributed by atoms with van der Waals surface area (Å²) >= 11 is 12.4. The zero-order valence-corrected chi connectivity index (χ0v) is 19.8. The highest BCUT2D eigenvalue weighted by molar-refractivity contribution is 7.89. The normalized spacial score (nSPS) is 15.6. The van der Waals surface area contributed by atoms with E-state index in [1.807, 2.05) is 12.1 Å². The monoisotopic (exact) mass is 505 g/mol. The van der Waals surface area contributed by atoms with Gasteiger partial charge < -0.3 is 9.84 Å². The molecule has 0 bridgehead atoms. The minimum atomic E-state index is -3.80. The van der Waals surface area contributed by atoms with Gasteiger partial charge in [-0.25, -0.2) is 17.9 Å². The summed E-state index contributed by atoms with van der Waals surface area (Å²) in [7, 11) is -3.80. The maximum atomic E-state index is 13.1. The fraction of sp³-hybridized carbons (Fsp3) is 0.208. The minimum absolute atomic E-state index is 0.134. The number of nitrogens with one attached hydrogen (secondary N) is 1. The van der Waals surface area contributed by atoms with Crippen LogP contribution in [-0.4, -0.2) is 26.1 Å². The molecule has 1 aliphatic rings. The van der Waals surface area contributed by atoms with E-state index < -0.39 is 28.6 Å². The van der Waals surface area contributed by atoms with Gasteiger partial charge in [-0.3, -0.25) is 0 Å². The van der Waals surface area contributed by atoms with Crippen molar-refractivity contribution in [2.75, 3.05) is 6.61 Å². The average Bonchev–Trinajstić information content (AvgIpc) is 2.79. The summed E-state index contributed by atoms with van der Waals surface area (Å²) in [6.45, 7) is -0.449. The largest absolute Gasteiger partial charge is 0.482 e. The molecular weight excluding hydrogens is 485 g/mol. The van der Waals surface area contributed by atoms with Gasteiger partial charge in [0.1, 0.15) is 5.75 Å². The van der Waals surface area contributed by atoms with Crippen LogP contribution >= 0.6 is 23.2 Å². The molecule has 9 heteroatoms. The van der Waals surface area contributed by atoms with Gasteiger partial charge in [-0.15, -0.1) is 0 Å². The van der Waals surface area contributed by atoms with Crippen molar-refractivity contribution in [1.29, 1.82) is 0 Å². The van der Waals surface area contributed by atoms with Gasteiger partial charge in [0.25, 0.3) is 0 Å². The summed E-state index contributed by atoms with van der Waals surface area (Å²) in [4.78, 5) is 11.0. The first-order chi connectivity index (χ1) is 15.8. The molecule has 0 radical (unpaired) electrons. The van der Waals surface area contributed by atoms with Crippen LogP contribution < -0.4 is 9.46 Å². The molecule has 0 aliphatic heterocycles. The lowest BCUT2D eigenvalue weighted by Gasteiger charge is -2.27. The van der Waals surface area contributed by atoms with Crippen LogP contribution in [0, 0.1) is 0 Å². The Bertz CT molecular complexity index is 1290. The predicted molar refractivity (Wildman–Crippen MR) is 127 cm³/mol. The van der Waals surface area contributed by atoms with Crippen molar-refractivity contribution in [3.05, 3.63) is 81.8 Å². The van der Waals surface area contributed by atoms with E-state index >= 15 is 0 Å². The molecule has 2 N–H and O–H groups in total. The molecule has 0 unspecified atom stereocenters. The van der Waals surface area contributed by atoms with Crippen LogP contribution in [0.3, 0.4) is 0 Å². The number of hydrogen-bond donors (Lipinski definition) is 2. The number of carbonyl (C=O) groups is 1. The van der Waals surface area contributed by atoms with Gasteiger partial charge in [0.15, 0.2) is 6.61 Å². The third kappa shape index (κ3) is 5.17. The van der Waals surface area contributed by atoms with E-state index in [0.29, 0.717) is 28.6 Å². The number of carboxylic acids is 1. The molecular formula is C24H21Cl2NO5S. The molecule has 0 amide bonds. The Morgan fingerprint density at radius 1 is 1.06 bits per heavy atom. The predicted octanol–water partition coefficient (Wildman–Crippen LogP) is 5.48. The Hall–Kier alpha value is -2.58. The topological polar surface area (TPSA) is 92.7 Å². The lowest BCUT2D eigenvalue weighted by atomic mass is 9.87. The second kappa shape index (κ2) is 9.73.